The minimum Gasteiger partial charge on any atom is -0.497 e. The predicted octanol–water partition coefficient (Wildman–Crippen LogP) is 3.19. The van der Waals surface area contributed by atoms with Crippen molar-refractivity contribution in [1.29, 1.82) is 0 Å². The van der Waals surface area contributed by atoms with Gasteiger partial charge in [0.05, 0.1) is 25.7 Å². The molecule has 9 nitrogen and oxygen atoms in total. The summed E-state index contributed by atoms with van der Waals surface area (Å²) in [5.41, 5.74) is 1.03. The zero-order chi connectivity index (χ0) is 26.9. The first-order valence-electron chi connectivity index (χ1n) is 11.9. The van der Waals surface area contributed by atoms with Crippen LogP contribution in [0.4, 0.5) is 5.69 Å². The van der Waals surface area contributed by atoms with Crippen molar-refractivity contribution in [2.24, 2.45) is 0 Å². The van der Waals surface area contributed by atoms with E-state index in [2.05, 4.69) is 5.32 Å². The number of carbonyl (C=O) groups excluding carboxylic acids is 2. The van der Waals surface area contributed by atoms with Crippen molar-refractivity contribution in [3.05, 3.63) is 54.1 Å². The number of rotatable bonds is 13. The molecule has 0 aliphatic carbocycles. The fraction of sp³-hybridized carbons (Fsp3) is 0.462. The average molecular weight is 520 g/mol. The minimum absolute atomic E-state index is 0.0662. The number of hydrogen-bond acceptors (Lipinski definition) is 6. The molecular weight excluding hydrogens is 482 g/mol. The molecule has 0 aliphatic rings. The van der Waals surface area contributed by atoms with Crippen LogP contribution in [0.5, 0.6) is 11.5 Å². The molecule has 0 saturated carbocycles. The van der Waals surface area contributed by atoms with Gasteiger partial charge in [-0.05, 0) is 57.0 Å². The van der Waals surface area contributed by atoms with E-state index in [0.717, 1.165) is 22.5 Å². The molecule has 0 radical (unpaired) electrons. The van der Waals surface area contributed by atoms with E-state index in [1.54, 1.807) is 69.5 Å². The fourth-order valence-corrected chi connectivity index (χ4v) is 4.36. The van der Waals surface area contributed by atoms with Gasteiger partial charge in [0.1, 0.15) is 24.1 Å². The maximum Gasteiger partial charge on any atom is 0.244 e. The molecule has 2 atom stereocenters. The number of benzene rings is 2. The number of anilines is 1. The van der Waals surface area contributed by atoms with Gasteiger partial charge in [-0.15, -0.1) is 0 Å². The minimum atomic E-state index is -3.85. The highest BCUT2D eigenvalue weighted by Gasteiger charge is 2.31. The summed E-state index contributed by atoms with van der Waals surface area (Å²) in [4.78, 5) is 28.0. The lowest BCUT2D eigenvalue weighted by molar-refractivity contribution is -0.139. The summed E-state index contributed by atoms with van der Waals surface area (Å²) in [5, 5.41) is 2.91. The Morgan fingerprint density at radius 3 is 2.22 bits per heavy atom. The number of amides is 2. The number of nitrogens with zero attached hydrogens (tertiary/aromatic N) is 2. The number of nitrogens with one attached hydrogen (secondary N) is 1. The van der Waals surface area contributed by atoms with Crippen molar-refractivity contribution in [1.82, 2.24) is 10.2 Å². The van der Waals surface area contributed by atoms with Crippen LogP contribution >= 0.6 is 0 Å². The lowest BCUT2D eigenvalue weighted by atomic mass is 10.1. The van der Waals surface area contributed by atoms with Gasteiger partial charge in [0.2, 0.25) is 21.8 Å². The van der Waals surface area contributed by atoms with Gasteiger partial charge >= 0.3 is 0 Å². The normalized spacial score (nSPS) is 12.8. The highest BCUT2D eigenvalue weighted by Crippen LogP contribution is 2.30. The Morgan fingerprint density at radius 1 is 1.03 bits per heavy atom. The molecule has 2 aromatic rings. The van der Waals surface area contributed by atoms with Gasteiger partial charge in [-0.25, -0.2) is 8.42 Å². The number of para-hydroxylation sites is 2. The van der Waals surface area contributed by atoms with Gasteiger partial charge in [-0.3, -0.25) is 13.9 Å². The summed E-state index contributed by atoms with van der Waals surface area (Å²) < 4.78 is 37.4. The summed E-state index contributed by atoms with van der Waals surface area (Å²) in [7, 11) is -2.29. The summed E-state index contributed by atoms with van der Waals surface area (Å²) in [6, 6.07) is 12.9. The Hall–Kier alpha value is -3.27. The average Bonchev–Trinajstić information content (AvgIpc) is 2.85. The molecule has 2 amide bonds. The first kappa shape index (κ1) is 29.0. The van der Waals surface area contributed by atoms with Gasteiger partial charge in [0.25, 0.3) is 0 Å². The van der Waals surface area contributed by atoms with E-state index in [-0.39, 0.29) is 24.2 Å². The second-order valence-electron chi connectivity index (χ2n) is 8.53. The predicted molar refractivity (Wildman–Crippen MR) is 141 cm³/mol. The van der Waals surface area contributed by atoms with E-state index in [4.69, 9.17) is 9.47 Å². The van der Waals surface area contributed by atoms with Crippen LogP contribution in [0.25, 0.3) is 0 Å². The second-order valence-corrected chi connectivity index (χ2v) is 10.4. The molecule has 1 N–H and O–H groups in total. The molecule has 0 saturated heterocycles. The van der Waals surface area contributed by atoms with E-state index in [9.17, 15) is 18.0 Å². The van der Waals surface area contributed by atoms with Crippen LogP contribution in [0.15, 0.2) is 48.5 Å². The van der Waals surface area contributed by atoms with Gasteiger partial charge in [-0.1, -0.05) is 31.2 Å². The van der Waals surface area contributed by atoms with Crippen LogP contribution in [0.3, 0.4) is 0 Å². The van der Waals surface area contributed by atoms with Crippen molar-refractivity contribution in [2.45, 2.75) is 52.7 Å². The standard InChI is InChI=1S/C26H37N3O6S/c1-7-19(3)27-26(31)20(4)28(17-21-13-15-22(34-5)16-14-21)25(30)18-29(36(6,32)33)23-11-9-10-12-24(23)35-8-2/h9-16,19-20H,7-8,17-18H2,1-6H3,(H,27,31). The first-order valence-corrected chi connectivity index (χ1v) is 13.8. The molecule has 198 valence electrons. The number of methoxy groups -OCH3 is 1. The Balaban J connectivity index is 2.42. The van der Waals surface area contributed by atoms with Crippen molar-refractivity contribution < 1.29 is 27.5 Å². The van der Waals surface area contributed by atoms with Gasteiger partial charge in [0, 0.05) is 12.6 Å². The van der Waals surface area contributed by atoms with E-state index in [1.807, 2.05) is 13.8 Å². The summed E-state index contributed by atoms with van der Waals surface area (Å²) in [6.07, 6.45) is 1.77. The number of carbonyl (C=O) groups is 2. The molecule has 2 rings (SSSR count). The van der Waals surface area contributed by atoms with Crippen LogP contribution in [0.2, 0.25) is 0 Å². The molecule has 0 aromatic heterocycles. The van der Waals surface area contributed by atoms with E-state index < -0.39 is 28.5 Å². The topological polar surface area (TPSA) is 105 Å². The molecule has 2 aromatic carbocycles. The second kappa shape index (κ2) is 13.2. The van der Waals surface area contributed by atoms with E-state index >= 15 is 0 Å². The Labute approximate surface area is 214 Å². The van der Waals surface area contributed by atoms with Crippen LogP contribution in [0, 0.1) is 0 Å². The summed E-state index contributed by atoms with van der Waals surface area (Å²) >= 11 is 0. The Bertz CT molecular complexity index is 1120. The highest BCUT2D eigenvalue weighted by molar-refractivity contribution is 7.92. The van der Waals surface area contributed by atoms with Gasteiger partial charge in [-0.2, -0.15) is 0 Å². The van der Waals surface area contributed by atoms with Crippen molar-refractivity contribution in [3.63, 3.8) is 0 Å². The summed E-state index contributed by atoms with van der Waals surface area (Å²) in [6.45, 7) is 7.23. The maximum atomic E-state index is 13.6. The molecule has 0 spiro atoms. The van der Waals surface area contributed by atoms with Crippen molar-refractivity contribution >= 4 is 27.5 Å². The zero-order valence-corrected chi connectivity index (χ0v) is 22.7. The van der Waals surface area contributed by atoms with Crippen molar-refractivity contribution in [2.75, 3.05) is 30.8 Å². The molecule has 0 fully saturated rings. The molecular formula is C26H37N3O6S. The number of ether oxygens (including phenoxy) is 2. The van der Waals surface area contributed by atoms with Crippen LogP contribution in [-0.4, -0.2) is 63.7 Å². The molecule has 10 heteroatoms. The molecule has 0 aliphatic heterocycles. The van der Waals surface area contributed by atoms with Crippen LogP contribution in [-0.2, 0) is 26.2 Å². The zero-order valence-electron chi connectivity index (χ0n) is 21.9. The van der Waals surface area contributed by atoms with E-state index in [0.29, 0.717) is 18.1 Å². The SMILES string of the molecule is CCOc1ccccc1N(CC(=O)N(Cc1ccc(OC)cc1)C(C)C(=O)NC(C)CC)S(C)(=O)=O. The quantitative estimate of drug-likeness (QED) is 0.436. The lowest BCUT2D eigenvalue weighted by Gasteiger charge is -2.32. The smallest absolute Gasteiger partial charge is 0.244 e. The van der Waals surface area contributed by atoms with Gasteiger partial charge < -0.3 is 19.7 Å². The molecule has 0 bridgehead atoms. The Kier molecular flexibility index (Phi) is 10.6. The van der Waals surface area contributed by atoms with Crippen LogP contribution < -0.4 is 19.1 Å². The third-order valence-electron chi connectivity index (χ3n) is 5.79. The fourth-order valence-electron chi connectivity index (χ4n) is 3.51. The third-order valence-corrected chi connectivity index (χ3v) is 6.92. The molecule has 36 heavy (non-hydrogen) atoms. The molecule has 0 heterocycles. The maximum absolute atomic E-state index is 13.6. The van der Waals surface area contributed by atoms with E-state index in [1.165, 1.54) is 4.90 Å². The van der Waals surface area contributed by atoms with Gasteiger partial charge in [0.15, 0.2) is 0 Å². The largest absolute Gasteiger partial charge is 0.497 e. The first-order chi connectivity index (χ1) is 17.0. The van der Waals surface area contributed by atoms with Crippen LogP contribution in [0.1, 0.15) is 39.7 Å². The molecule has 2 unspecified atom stereocenters. The highest BCUT2D eigenvalue weighted by atomic mass is 32.2. The van der Waals surface area contributed by atoms with Crippen molar-refractivity contribution in [3.8, 4) is 11.5 Å². The summed E-state index contributed by atoms with van der Waals surface area (Å²) in [5.74, 6) is 0.179. The number of sulfonamides is 1. The lowest BCUT2D eigenvalue weighted by Crippen LogP contribution is -2.52. The Morgan fingerprint density at radius 2 is 1.67 bits per heavy atom. The monoisotopic (exact) mass is 519 g/mol. The third kappa shape index (κ3) is 7.87. The number of hydrogen-bond donors (Lipinski definition) is 1.